The van der Waals surface area contributed by atoms with Crippen LogP contribution in [0.3, 0.4) is 0 Å². The molecule has 4 heterocycles. The molecule has 2 saturated heterocycles. The molecule has 0 bridgehead atoms. The molecule has 8 rings (SSSR count). The number of morpholine rings is 2. The molecule has 2 aliphatic carbocycles. The molecule has 4 N–H and O–H groups in total. The van der Waals surface area contributed by atoms with Gasteiger partial charge in [-0.3, -0.25) is 0 Å². The van der Waals surface area contributed by atoms with Gasteiger partial charge in [-0.25, -0.2) is 0 Å². The number of benzene rings is 2. The fraction of sp³-hybridized carbons (Fsp3) is 0.561. The second kappa shape index (κ2) is 20.8. The molecular weight excluding hydrogens is 709 g/mol. The van der Waals surface area contributed by atoms with Crippen molar-refractivity contribution in [2.45, 2.75) is 89.1 Å². The van der Waals surface area contributed by atoms with E-state index < -0.39 is 0 Å². The van der Waals surface area contributed by atoms with Crippen LogP contribution in [0.2, 0.25) is 0 Å². The summed E-state index contributed by atoms with van der Waals surface area (Å²) in [4.78, 5) is 32.4. The molecule has 0 atom stereocenters. The van der Waals surface area contributed by atoms with E-state index in [1.165, 1.54) is 77.0 Å². The largest absolute Gasteiger partial charge is 0.497 e. The molecule has 0 radical (unpaired) electrons. The average molecular weight is 767 g/mol. The summed E-state index contributed by atoms with van der Waals surface area (Å²) < 4.78 is 16.2. The van der Waals surface area contributed by atoms with Crippen LogP contribution in [-0.4, -0.2) is 102 Å². The fourth-order valence-corrected chi connectivity index (χ4v) is 7.45. The third-order valence-electron chi connectivity index (χ3n) is 10.6. The van der Waals surface area contributed by atoms with E-state index in [-0.39, 0.29) is 0 Å². The van der Waals surface area contributed by atoms with Gasteiger partial charge in [-0.1, -0.05) is 69.6 Å². The van der Waals surface area contributed by atoms with Crippen molar-refractivity contribution in [1.29, 1.82) is 0 Å². The summed E-state index contributed by atoms with van der Waals surface area (Å²) in [5.74, 6) is 4.65. The normalized spacial score (nSPS) is 18.4. The Balaban J connectivity index is 0.000000172. The SMILES string of the molecule is COc1ccc(Nc2nc(NC3CCCCCC3)nc(N3CCOCC3)n2)cc1.c1ccc(Nc2nc(NC3CCCCCC3)nc(N3CCOCC3)n2)cc1. The van der Waals surface area contributed by atoms with Crippen molar-refractivity contribution in [2.24, 2.45) is 0 Å². The molecule has 15 heteroatoms. The lowest BCUT2D eigenvalue weighted by Gasteiger charge is -2.27. The fourth-order valence-electron chi connectivity index (χ4n) is 7.45. The summed E-state index contributed by atoms with van der Waals surface area (Å²) in [6, 6.07) is 18.6. The van der Waals surface area contributed by atoms with E-state index in [9.17, 15) is 0 Å². The van der Waals surface area contributed by atoms with Crippen LogP contribution in [0.25, 0.3) is 0 Å². The zero-order valence-corrected chi connectivity index (χ0v) is 32.8. The number of para-hydroxylation sites is 1. The standard InChI is InChI=1S/C21H30N6O2.C20H28N6O/c1-28-18-10-8-17(9-11-18)23-20-24-19(22-16-6-4-2-3-5-7-16)25-21(26-20)27-12-14-29-15-13-27;1-2-5-9-16(8-4-1)21-18-23-19(22-17-10-6-3-7-11-17)25-20(24-18)26-12-14-27-15-13-26/h8-11,16H,2-7,12-15H2,1H3,(H2,22,23,24,25,26);3,6-7,10-11,16H,1-2,4-5,8-9,12-15H2,(H2,21,22,23,24,25). The predicted octanol–water partition coefficient (Wildman–Crippen LogP) is 7.18. The van der Waals surface area contributed by atoms with E-state index in [1.54, 1.807) is 7.11 Å². The minimum absolute atomic E-state index is 0.422. The van der Waals surface area contributed by atoms with Gasteiger partial charge in [0.05, 0.1) is 33.5 Å². The highest BCUT2D eigenvalue weighted by molar-refractivity contribution is 5.58. The quantitative estimate of drug-likeness (QED) is 0.114. The van der Waals surface area contributed by atoms with Gasteiger partial charge in [0.2, 0.25) is 35.7 Å². The number of hydrogen-bond donors (Lipinski definition) is 4. The molecule has 4 aromatic rings. The van der Waals surface area contributed by atoms with Gasteiger partial charge < -0.3 is 45.3 Å². The number of aromatic nitrogens is 6. The highest BCUT2D eigenvalue weighted by Crippen LogP contribution is 2.25. The molecule has 0 unspecified atom stereocenters. The number of nitrogens with zero attached hydrogens (tertiary/aromatic N) is 8. The third-order valence-corrected chi connectivity index (χ3v) is 10.6. The third kappa shape index (κ3) is 12.0. The van der Waals surface area contributed by atoms with E-state index in [0.717, 1.165) is 43.3 Å². The van der Waals surface area contributed by atoms with Gasteiger partial charge in [-0.15, -0.1) is 0 Å². The van der Waals surface area contributed by atoms with Crippen molar-refractivity contribution in [1.82, 2.24) is 29.9 Å². The zero-order chi connectivity index (χ0) is 38.2. The van der Waals surface area contributed by atoms with Crippen LogP contribution in [0.15, 0.2) is 54.6 Å². The molecule has 0 amide bonds. The van der Waals surface area contributed by atoms with Gasteiger partial charge in [-0.2, -0.15) is 29.9 Å². The summed E-state index contributed by atoms with van der Waals surface area (Å²) in [5.41, 5.74) is 1.88. The van der Waals surface area contributed by atoms with E-state index in [0.29, 0.717) is 74.2 Å². The molecule has 300 valence electrons. The van der Waals surface area contributed by atoms with Crippen LogP contribution in [-0.2, 0) is 9.47 Å². The average Bonchev–Trinajstić information content (AvgIpc) is 3.67. The van der Waals surface area contributed by atoms with Crippen molar-refractivity contribution >= 4 is 47.1 Å². The molecule has 2 aromatic carbocycles. The molecule has 2 aliphatic heterocycles. The molecule has 4 fully saturated rings. The van der Waals surface area contributed by atoms with E-state index in [4.69, 9.17) is 24.2 Å². The van der Waals surface area contributed by atoms with Gasteiger partial charge in [0.15, 0.2) is 0 Å². The second-order valence-electron chi connectivity index (χ2n) is 14.8. The molecule has 4 aliphatic rings. The Morgan fingerprint density at radius 3 is 1.34 bits per heavy atom. The molecule has 56 heavy (non-hydrogen) atoms. The van der Waals surface area contributed by atoms with Crippen LogP contribution < -0.4 is 35.8 Å². The second-order valence-corrected chi connectivity index (χ2v) is 14.8. The molecule has 0 spiro atoms. The van der Waals surface area contributed by atoms with Crippen molar-refractivity contribution in [3.8, 4) is 5.75 Å². The first-order valence-electron chi connectivity index (χ1n) is 20.6. The van der Waals surface area contributed by atoms with E-state index in [1.807, 2.05) is 54.6 Å². The Hall–Kier alpha value is -5.02. The maximum Gasteiger partial charge on any atom is 0.233 e. The van der Waals surface area contributed by atoms with Crippen LogP contribution in [0.5, 0.6) is 5.75 Å². The molecular formula is C41H58N12O3. The number of anilines is 8. The van der Waals surface area contributed by atoms with Crippen molar-refractivity contribution in [3.63, 3.8) is 0 Å². The minimum atomic E-state index is 0.422. The van der Waals surface area contributed by atoms with E-state index in [2.05, 4.69) is 51.0 Å². The lowest BCUT2D eigenvalue weighted by atomic mass is 10.1. The first kappa shape index (κ1) is 39.2. The topological polar surface area (TPSA) is 160 Å². The minimum Gasteiger partial charge on any atom is -0.497 e. The van der Waals surface area contributed by atoms with Crippen LogP contribution in [0, 0.1) is 0 Å². The first-order chi connectivity index (χ1) is 27.7. The lowest BCUT2D eigenvalue weighted by molar-refractivity contribution is 0.122. The maximum atomic E-state index is 5.48. The monoisotopic (exact) mass is 766 g/mol. The van der Waals surface area contributed by atoms with Gasteiger partial charge >= 0.3 is 0 Å². The summed E-state index contributed by atoms with van der Waals surface area (Å²) >= 11 is 0. The Bertz CT molecular complexity index is 1740. The highest BCUT2D eigenvalue weighted by atomic mass is 16.5. The van der Waals surface area contributed by atoms with Gasteiger partial charge in [0.25, 0.3) is 0 Å². The Kier molecular flexibility index (Phi) is 14.5. The van der Waals surface area contributed by atoms with Crippen LogP contribution >= 0.6 is 0 Å². The van der Waals surface area contributed by atoms with Gasteiger partial charge in [0.1, 0.15) is 5.75 Å². The molecule has 2 saturated carbocycles. The molecule has 2 aromatic heterocycles. The summed E-state index contributed by atoms with van der Waals surface area (Å²) in [6.07, 6.45) is 15.1. The van der Waals surface area contributed by atoms with Crippen LogP contribution in [0.4, 0.5) is 47.1 Å². The predicted molar refractivity (Wildman–Crippen MR) is 222 cm³/mol. The number of rotatable bonds is 11. The maximum absolute atomic E-state index is 5.48. The van der Waals surface area contributed by atoms with Crippen molar-refractivity contribution < 1.29 is 14.2 Å². The Labute approximate surface area is 330 Å². The van der Waals surface area contributed by atoms with Crippen molar-refractivity contribution in [2.75, 3.05) is 90.8 Å². The van der Waals surface area contributed by atoms with Gasteiger partial charge in [-0.05, 0) is 62.1 Å². The molecule has 15 nitrogen and oxygen atoms in total. The summed E-state index contributed by atoms with van der Waals surface area (Å²) in [6.45, 7) is 5.98. The lowest BCUT2D eigenvalue weighted by Crippen LogP contribution is -2.37. The number of methoxy groups -OCH3 is 1. The number of hydrogen-bond acceptors (Lipinski definition) is 15. The number of nitrogens with one attached hydrogen (secondary N) is 4. The summed E-state index contributed by atoms with van der Waals surface area (Å²) in [7, 11) is 1.66. The smallest absolute Gasteiger partial charge is 0.233 e. The Morgan fingerprint density at radius 2 is 0.911 bits per heavy atom. The highest BCUT2D eigenvalue weighted by Gasteiger charge is 2.21. The van der Waals surface area contributed by atoms with Crippen LogP contribution in [0.1, 0.15) is 77.0 Å². The van der Waals surface area contributed by atoms with Gasteiger partial charge in [0, 0.05) is 49.6 Å². The zero-order valence-electron chi connectivity index (χ0n) is 32.8. The van der Waals surface area contributed by atoms with E-state index >= 15 is 0 Å². The Morgan fingerprint density at radius 1 is 0.500 bits per heavy atom. The number of ether oxygens (including phenoxy) is 3. The summed E-state index contributed by atoms with van der Waals surface area (Å²) in [5, 5.41) is 13.8. The first-order valence-corrected chi connectivity index (χ1v) is 20.6. The van der Waals surface area contributed by atoms with Crippen molar-refractivity contribution in [3.05, 3.63) is 54.6 Å².